The Bertz CT molecular complexity index is 1390. The number of nitrogens with one attached hydrogen (secondary N) is 1. The number of rotatable bonds is 5. The monoisotopic (exact) mass is 429 g/mol. The number of carbonyl (C=O) groups excluding carboxylic acids is 1. The zero-order valence-corrected chi connectivity index (χ0v) is 17.0. The molecule has 0 bridgehead atoms. The molecular formula is C23H16FN5OS. The van der Waals surface area contributed by atoms with Gasteiger partial charge in [0.2, 0.25) is 5.91 Å². The molecule has 5 rings (SSSR count). The topological polar surface area (TPSA) is 72.2 Å². The number of amides is 1. The van der Waals surface area contributed by atoms with Gasteiger partial charge in [0, 0.05) is 11.3 Å². The zero-order valence-electron chi connectivity index (χ0n) is 16.2. The molecule has 2 aromatic heterocycles. The molecule has 0 saturated heterocycles. The lowest BCUT2D eigenvalue weighted by atomic mass is 10.2. The van der Waals surface area contributed by atoms with Gasteiger partial charge in [0.1, 0.15) is 10.8 Å². The van der Waals surface area contributed by atoms with Crippen LogP contribution in [0.25, 0.3) is 28.1 Å². The molecule has 1 N–H and O–H groups in total. The van der Waals surface area contributed by atoms with Crippen molar-refractivity contribution >= 4 is 40.0 Å². The summed E-state index contributed by atoms with van der Waals surface area (Å²) in [6.07, 6.45) is 0. The maximum Gasteiger partial charge on any atom is 0.234 e. The summed E-state index contributed by atoms with van der Waals surface area (Å²) in [5.41, 5.74) is 3.75. The predicted molar refractivity (Wildman–Crippen MR) is 119 cm³/mol. The Morgan fingerprint density at radius 3 is 2.48 bits per heavy atom. The molecular weight excluding hydrogens is 413 g/mol. The zero-order chi connectivity index (χ0) is 21.2. The van der Waals surface area contributed by atoms with Crippen LogP contribution in [0.4, 0.5) is 10.1 Å². The van der Waals surface area contributed by atoms with E-state index >= 15 is 0 Å². The smallest absolute Gasteiger partial charge is 0.234 e. The Morgan fingerprint density at radius 2 is 1.68 bits per heavy atom. The van der Waals surface area contributed by atoms with Gasteiger partial charge in [-0.1, -0.05) is 54.2 Å². The third kappa shape index (κ3) is 3.85. The van der Waals surface area contributed by atoms with Crippen molar-refractivity contribution in [2.45, 2.75) is 5.03 Å². The first kappa shape index (κ1) is 19.2. The number of halogens is 1. The van der Waals surface area contributed by atoms with E-state index in [1.165, 1.54) is 36.0 Å². The first-order valence-corrected chi connectivity index (χ1v) is 10.5. The van der Waals surface area contributed by atoms with Crippen molar-refractivity contribution in [3.63, 3.8) is 0 Å². The number of thioether (sulfide) groups is 1. The fourth-order valence-electron chi connectivity index (χ4n) is 3.29. The van der Waals surface area contributed by atoms with Crippen LogP contribution in [-0.2, 0) is 4.79 Å². The summed E-state index contributed by atoms with van der Waals surface area (Å²) in [7, 11) is 0. The van der Waals surface area contributed by atoms with Crippen molar-refractivity contribution in [1.29, 1.82) is 0 Å². The molecule has 31 heavy (non-hydrogen) atoms. The second-order valence-corrected chi connectivity index (χ2v) is 7.76. The quantitative estimate of drug-likeness (QED) is 0.406. The van der Waals surface area contributed by atoms with E-state index in [-0.39, 0.29) is 17.5 Å². The molecule has 3 aromatic carbocycles. The largest absolute Gasteiger partial charge is 0.325 e. The van der Waals surface area contributed by atoms with Crippen molar-refractivity contribution in [3.05, 3.63) is 84.7 Å². The van der Waals surface area contributed by atoms with E-state index < -0.39 is 0 Å². The lowest BCUT2D eigenvalue weighted by Crippen LogP contribution is -2.14. The molecule has 0 unspecified atom stereocenters. The highest BCUT2D eigenvalue weighted by Gasteiger charge is 2.17. The van der Waals surface area contributed by atoms with Gasteiger partial charge < -0.3 is 5.32 Å². The molecule has 1 amide bonds. The van der Waals surface area contributed by atoms with E-state index in [4.69, 9.17) is 4.98 Å². The van der Waals surface area contributed by atoms with E-state index in [0.717, 1.165) is 16.6 Å². The molecule has 8 heteroatoms. The molecule has 2 heterocycles. The molecule has 0 aliphatic heterocycles. The second-order valence-electron chi connectivity index (χ2n) is 6.80. The summed E-state index contributed by atoms with van der Waals surface area (Å²) >= 11 is 1.28. The van der Waals surface area contributed by atoms with Crippen molar-refractivity contribution in [3.8, 4) is 11.4 Å². The van der Waals surface area contributed by atoms with Crippen LogP contribution in [0.15, 0.2) is 83.9 Å². The number of aromatic nitrogens is 4. The SMILES string of the molecule is O=C(CSc1nc2ccccc2n2c(-c3ccccc3)nnc12)Nc1ccc(F)cc1. The van der Waals surface area contributed by atoms with Gasteiger partial charge in [0.25, 0.3) is 0 Å². The van der Waals surface area contributed by atoms with Gasteiger partial charge in [-0.25, -0.2) is 9.37 Å². The number of anilines is 1. The number of carbonyl (C=O) groups is 1. The second kappa shape index (κ2) is 8.16. The van der Waals surface area contributed by atoms with E-state index in [2.05, 4.69) is 15.5 Å². The fraction of sp³-hybridized carbons (Fsp3) is 0.0435. The molecule has 152 valence electrons. The lowest BCUT2D eigenvalue weighted by molar-refractivity contribution is -0.113. The number of benzene rings is 3. The van der Waals surface area contributed by atoms with Crippen LogP contribution in [0.2, 0.25) is 0 Å². The van der Waals surface area contributed by atoms with Gasteiger partial charge in [0.15, 0.2) is 11.5 Å². The molecule has 6 nitrogen and oxygen atoms in total. The van der Waals surface area contributed by atoms with E-state index in [9.17, 15) is 9.18 Å². The third-order valence-electron chi connectivity index (χ3n) is 4.70. The van der Waals surface area contributed by atoms with Gasteiger partial charge >= 0.3 is 0 Å². The minimum absolute atomic E-state index is 0.131. The molecule has 5 aromatic rings. The third-order valence-corrected chi connectivity index (χ3v) is 5.65. The first-order chi connectivity index (χ1) is 15.2. The highest BCUT2D eigenvalue weighted by molar-refractivity contribution is 8.00. The van der Waals surface area contributed by atoms with Crippen LogP contribution in [0.1, 0.15) is 0 Å². The average Bonchev–Trinajstić information content (AvgIpc) is 3.25. The molecule has 0 aliphatic rings. The summed E-state index contributed by atoms with van der Waals surface area (Å²) in [6.45, 7) is 0. The molecule has 0 radical (unpaired) electrons. The van der Waals surface area contributed by atoms with Crippen molar-refractivity contribution in [2.75, 3.05) is 11.1 Å². The molecule has 0 atom stereocenters. The highest BCUT2D eigenvalue weighted by Crippen LogP contribution is 2.29. The Kier molecular flexibility index (Phi) is 5.05. The molecule has 0 aliphatic carbocycles. The Balaban J connectivity index is 1.49. The summed E-state index contributed by atoms with van der Waals surface area (Å²) < 4.78 is 15.0. The number of hydrogen-bond donors (Lipinski definition) is 1. The fourth-order valence-corrected chi connectivity index (χ4v) is 4.06. The Labute approximate surface area is 181 Å². The summed E-state index contributed by atoms with van der Waals surface area (Å²) in [5, 5.41) is 12.1. The maximum atomic E-state index is 13.1. The Hall–Kier alpha value is -3.78. The van der Waals surface area contributed by atoms with Crippen molar-refractivity contribution < 1.29 is 9.18 Å². The summed E-state index contributed by atoms with van der Waals surface area (Å²) in [6, 6.07) is 23.2. The van der Waals surface area contributed by atoms with Gasteiger partial charge in [-0.2, -0.15) is 0 Å². The minimum atomic E-state index is -0.351. The van der Waals surface area contributed by atoms with Gasteiger partial charge in [-0.05, 0) is 36.4 Å². The summed E-state index contributed by atoms with van der Waals surface area (Å²) in [5.74, 6) is 0.279. The van der Waals surface area contributed by atoms with Crippen LogP contribution in [-0.4, -0.2) is 31.2 Å². The molecule has 0 saturated carbocycles. The van der Waals surface area contributed by atoms with Gasteiger partial charge in [-0.3, -0.25) is 9.20 Å². The van der Waals surface area contributed by atoms with Gasteiger partial charge in [0.05, 0.1) is 16.8 Å². The average molecular weight is 429 g/mol. The number of nitrogens with zero attached hydrogens (tertiary/aromatic N) is 4. The predicted octanol–water partition coefficient (Wildman–Crippen LogP) is 4.81. The van der Waals surface area contributed by atoms with Crippen molar-refractivity contribution in [2.24, 2.45) is 0 Å². The molecule has 0 spiro atoms. The van der Waals surface area contributed by atoms with E-state index in [0.29, 0.717) is 22.2 Å². The summed E-state index contributed by atoms with van der Waals surface area (Å²) in [4.78, 5) is 17.1. The number of fused-ring (bicyclic) bond motifs is 3. The first-order valence-electron chi connectivity index (χ1n) is 9.56. The molecule has 0 fully saturated rings. The van der Waals surface area contributed by atoms with E-state index in [1.807, 2.05) is 59.0 Å². The van der Waals surface area contributed by atoms with Gasteiger partial charge in [-0.15, -0.1) is 10.2 Å². The minimum Gasteiger partial charge on any atom is -0.325 e. The Morgan fingerprint density at radius 1 is 0.935 bits per heavy atom. The van der Waals surface area contributed by atoms with Crippen LogP contribution < -0.4 is 5.32 Å². The van der Waals surface area contributed by atoms with Crippen LogP contribution in [0.3, 0.4) is 0 Å². The standard InChI is InChI=1S/C23H16FN5OS/c24-16-10-12-17(13-11-16)25-20(30)14-31-23-22-28-27-21(15-6-2-1-3-7-15)29(22)19-9-5-4-8-18(19)26-23/h1-13H,14H2,(H,25,30). The van der Waals surface area contributed by atoms with Crippen molar-refractivity contribution in [1.82, 2.24) is 19.6 Å². The van der Waals surface area contributed by atoms with Crippen LogP contribution >= 0.6 is 11.8 Å². The van der Waals surface area contributed by atoms with E-state index in [1.54, 1.807) is 0 Å². The van der Waals surface area contributed by atoms with Crippen LogP contribution in [0, 0.1) is 5.82 Å². The normalized spacial score (nSPS) is 11.1. The lowest BCUT2D eigenvalue weighted by Gasteiger charge is -2.09. The van der Waals surface area contributed by atoms with Crippen LogP contribution in [0.5, 0.6) is 0 Å². The number of hydrogen-bond acceptors (Lipinski definition) is 5. The number of para-hydroxylation sites is 2. The highest BCUT2D eigenvalue weighted by atomic mass is 32.2. The maximum absolute atomic E-state index is 13.1.